The highest BCUT2D eigenvalue weighted by atomic mass is 79.9. The van der Waals surface area contributed by atoms with E-state index in [0.29, 0.717) is 16.7 Å². The number of anilines is 1. The van der Waals surface area contributed by atoms with Crippen molar-refractivity contribution in [3.05, 3.63) is 39.5 Å². The second-order valence-electron chi connectivity index (χ2n) is 5.74. The molecule has 0 aliphatic rings. The van der Waals surface area contributed by atoms with Gasteiger partial charge in [-0.2, -0.15) is 0 Å². The molecule has 5 nitrogen and oxygen atoms in total. The van der Waals surface area contributed by atoms with Crippen LogP contribution < -0.4 is 10.1 Å². The summed E-state index contributed by atoms with van der Waals surface area (Å²) in [5.74, 6) is 0.379. The van der Waals surface area contributed by atoms with Gasteiger partial charge in [0, 0.05) is 16.0 Å². The van der Waals surface area contributed by atoms with Gasteiger partial charge in [0.1, 0.15) is 5.75 Å². The van der Waals surface area contributed by atoms with Crippen LogP contribution in [0.5, 0.6) is 5.75 Å². The predicted octanol–water partition coefficient (Wildman–Crippen LogP) is 4.41. The molecule has 0 fully saturated rings. The zero-order valence-electron chi connectivity index (χ0n) is 12.4. The van der Waals surface area contributed by atoms with Crippen LogP contribution in [0.2, 0.25) is 5.02 Å². The third-order valence-electron chi connectivity index (χ3n) is 2.79. The van der Waals surface area contributed by atoms with Gasteiger partial charge in [0.2, 0.25) is 5.88 Å². The molecule has 1 N–H and O–H groups in total. The number of hydrogen-bond donors (Lipinski definition) is 1. The first-order valence-electron chi connectivity index (χ1n) is 6.60. The van der Waals surface area contributed by atoms with Crippen LogP contribution in [0.1, 0.15) is 26.5 Å². The van der Waals surface area contributed by atoms with Crippen molar-refractivity contribution in [3.63, 3.8) is 0 Å². The normalized spacial score (nSPS) is 11.3. The molecule has 22 heavy (non-hydrogen) atoms. The number of halogens is 2. The van der Waals surface area contributed by atoms with E-state index in [1.807, 2.05) is 20.8 Å². The number of amides is 1. The number of aromatic nitrogens is 1. The molecule has 0 spiro atoms. The summed E-state index contributed by atoms with van der Waals surface area (Å²) in [6.07, 6.45) is 0. The van der Waals surface area contributed by atoms with Crippen molar-refractivity contribution in [1.29, 1.82) is 0 Å². The molecule has 0 aliphatic heterocycles. The Balaban J connectivity index is 1.92. The monoisotopic (exact) mass is 386 g/mol. The molecule has 1 aromatic heterocycles. The van der Waals surface area contributed by atoms with Gasteiger partial charge in [-0.15, -0.1) is 0 Å². The van der Waals surface area contributed by atoms with Gasteiger partial charge in [-0.3, -0.25) is 10.1 Å². The van der Waals surface area contributed by atoms with Crippen LogP contribution in [0, 0.1) is 0 Å². The molecule has 0 atom stereocenters. The molecule has 2 rings (SSSR count). The maximum atomic E-state index is 11.8. The Morgan fingerprint density at radius 3 is 2.73 bits per heavy atom. The van der Waals surface area contributed by atoms with Crippen molar-refractivity contribution in [2.75, 3.05) is 11.9 Å². The van der Waals surface area contributed by atoms with Gasteiger partial charge in [0.05, 0.1) is 10.7 Å². The summed E-state index contributed by atoms with van der Waals surface area (Å²) in [6, 6.07) is 6.86. The number of carbonyl (C=O) groups excluding carboxylic acids is 1. The van der Waals surface area contributed by atoms with Crippen molar-refractivity contribution in [1.82, 2.24) is 5.16 Å². The fraction of sp³-hybridized carbons (Fsp3) is 0.333. The lowest BCUT2D eigenvalue weighted by atomic mass is 9.92. The standard InChI is InChI=1S/C15H16BrClN2O3/c1-15(2,3)12-7-14(22-19-12)18-13(20)8-21-11-5-4-9(16)6-10(11)17/h4-7H,8H2,1-3H3,(H,18,20). The molecule has 1 heterocycles. The lowest BCUT2D eigenvalue weighted by molar-refractivity contribution is -0.118. The minimum absolute atomic E-state index is 0.145. The second-order valence-corrected chi connectivity index (χ2v) is 7.06. The molecule has 0 unspecified atom stereocenters. The summed E-state index contributed by atoms with van der Waals surface area (Å²) >= 11 is 9.31. The number of nitrogens with one attached hydrogen (secondary N) is 1. The minimum atomic E-state index is -0.351. The molecule has 0 saturated carbocycles. The number of ether oxygens (including phenoxy) is 1. The van der Waals surface area contributed by atoms with Crippen molar-refractivity contribution in [2.45, 2.75) is 26.2 Å². The molecule has 0 saturated heterocycles. The van der Waals surface area contributed by atoms with Crippen molar-refractivity contribution >= 4 is 39.3 Å². The maximum Gasteiger partial charge on any atom is 0.264 e. The maximum absolute atomic E-state index is 11.8. The van der Waals surface area contributed by atoms with Gasteiger partial charge in [0.15, 0.2) is 6.61 Å². The van der Waals surface area contributed by atoms with Gasteiger partial charge in [-0.25, -0.2) is 0 Å². The molecule has 1 aromatic carbocycles. The SMILES string of the molecule is CC(C)(C)c1cc(NC(=O)COc2ccc(Br)cc2Cl)on1. The van der Waals surface area contributed by atoms with E-state index in [-0.39, 0.29) is 17.9 Å². The Morgan fingerprint density at radius 1 is 1.41 bits per heavy atom. The molecule has 0 bridgehead atoms. The van der Waals surface area contributed by atoms with E-state index >= 15 is 0 Å². The lowest BCUT2D eigenvalue weighted by Crippen LogP contribution is -2.20. The van der Waals surface area contributed by atoms with Crippen LogP contribution in [-0.4, -0.2) is 17.7 Å². The summed E-state index contributed by atoms with van der Waals surface area (Å²) in [4.78, 5) is 11.8. The van der Waals surface area contributed by atoms with E-state index < -0.39 is 0 Å². The van der Waals surface area contributed by atoms with Gasteiger partial charge in [-0.05, 0) is 18.2 Å². The Labute approximate surface area is 142 Å². The Morgan fingerprint density at radius 2 is 2.14 bits per heavy atom. The predicted molar refractivity (Wildman–Crippen MR) is 88.5 cm³/mol. The molecular formula is C15H16BrClN2O3. The minimum Gasteiger partial charge on any atom is -0.482 e. The largest absolute Gasteiger partial charge is 0.482 e. The van der Waals surface area contributed by atoms with Crippen LogP contribution in [0.4, 0.5) is 5.88 Å². The first-order chi connectivity index (χ1) is 10.3. The highest BCUT2D eigenvalue weighted by molar-refractivity contribution is 9.10. The first-order valence-corrected chi connectivity index (χ1v) is 7.78. The summed E-state index contributed by atoms with van der Waals surface area (Å²) in [5, 5.41) is 6.94. The van der Waals surface area contributed by atoms with Crippen LogP contribution in [0.3, 0.4) is 0 Å². The third-order valence-corrected chi connectivity index (χ3v) is 3.58. The highest BCUT2D eigenvalue weighted by Gasteiger charge is 2.19. The van der Waals surface area contributed by atoms with Crippen molar-refractivity contribution in [2.24, 2.45) is 0 Å². The van der Waals surface area contributed by atoms with E-state index in [1.54, 1.807) is 24.3 Å². The van der Waals surface area contributed by atoms with Gasteiger partial charge < -0.3 is 9.26 Å². The van der Waals surface area contributed by atoms with Gasteiger partial charge in [-0.1, -0.05) is 53.5 Å². The van der Waals surface area contributed by atoms with Crippen LogP contribution in [-0.2, 0) is 10.2 Å². The number of carbonyl (C=O) groups is 1. The highest BCUT2D eigenvalue weighted by Crippen LogP contribution is 2.28. The molecule has 118 valence electrons. The summed E-state index contributed by atoms with van der Waals surface area (Å²) in [5.41, 5.74) is 0.619. The van der Waals surface area contributed by atoms with E-state index in [1.165, 1.54) is 0 Å². The molecule has 0 aliphatic carbocycles. The summed E-state index contributed by atoms with van der Waals surface area (Å²) < 4.78 is 11.3. The summed E-state index contributed by atoms with van der Waals surface area (Å²) in [6.45, 7) is 5.85. The number of hydrogen-bond acceptors (Lipinski definition) is 4. The average molecular weight is 388 g/mol. The fourth-order valence-corrected chi connectivity index (χ4v) is 2.32. The smallest absolute Gasteiger partial charge is 0.264 e. The van der Waals surface area contributed by atoms with Crippen LogP contribution in [0.15, 0.2) is 33.3 Å². The van der Waals surface area contributed by atoms with E-state index in [2.05, 4.69) is 26.4 Å². The van der Waals surface area contributed by atoms with Crippen molar-refractivity contribution in [3.8, 4) is 5.75 Å². The molecule has 2 aromatic rings. The Bertz CT molecular complexity index is 680. The molecule has 1 amide bonds. The topological polar surface area (TPSA) is 64.4 Å². The fourth-order valence-electron chi connectivity index (χ4n) is 1.60. The molecule has 7 heteroatoms. The third kappa shape index (κ3) is 4.48. The average Bonchev–Trinajstić information content (AvgIpc) is 2.86. The van der Waals surface area contributed by atoms with Crippen molar-refractivity contribution < 1.29 is 14.1 Å². The van der Waals surface area contributed by atoms with E-state index in [0.717, 1.165) is 10.2 Å². The number of nitrogens with zero attached hydrogens (tertiary/aromatic N) is 1. The zero-order chi connectivity index (χ0) is 16.3. The van der Waals surface area contributed by atoms with E-state index in [9.17, 15) is 4.79 Å². The lowest BCUT2D eigenvalue weighted by Gasteiger charge is -2.12. The summed E-state index contributed by atoms with van der Waals surface area (Å²) in [7, 11) is 0. The Hall–Kier alpha value is -1.53. The molecular weight excluding hydrogens is 372 g/mol. The quantitative estimate of drug-likeness (QED) is 0.844. The Kier molecular flexibility index (Phi) is 5.13. The van der Waals surface area contributed by atoms with Crippen LogP contribution >= 0.6 is 27.5 Å². The van der Waals surface area contributed by atoms with Gasteiger partial charge in [0.25, 0.3) is 5.91 Å². The van der Waals surface area contributed by atoms with Gasteiger partial charge >= 0.3 is 0 Å². The number of rotatable bonds is 4. The number of benzene rings is 1. The zero-order valence-corrected chi connectivity index (χ0v) is 14.8. The molecule has 0 radical (unpaired) electrons. The first kappa shape index (κ1) is 16.8. The van der Waals surface area contributed by atoms with Crippen LogP contribution in [0.25, 0.3) is 0 Å². The van der Waals surface area contributed by atoms with E-state index in [4.69, 9.17) is 20.9 Å². The second kappa shape index (κ2) is 6.71.